The van der Waals surface area contributed by atoms with Gasteiger partial charge in [0, 0.05) is 12.3 Å². The molecule has 3 heteroatoms. The molecule has 0 atom stereocenters. The van der Waals surface area contributed by atoms with Crippen LogP contribution in [-0.4, -0.2) is 10.1 Å². The van der Waals surface area contributed by atoms with Crippen molar-refractivity contribution in [1.82, 2.24) is 4.98 Å². The van der Waals surface area contributed by atoms with Gasteiger partial charge in [-0.25, -0.2) is 4.98 Å². The van der Waals surface area contributed by atoms with Gasteiger partial charge in [0.25, 0.3) is 0 Å². The lowest BCUT2D eigenvalue weighted by Crippen LogP contribution is -1.94. The molecule has 0 radical (unpaired) electrons. The van der Waals surface area contributed by atoms with Crippen molar-refractivity contribution in [3.05, 3.63) is 53.2 Å². The van der Waals surface area contributed by atoms with E-state index in [0.717, 1.165) is 11.3 Å². The van der Waals surface area contributed by atoms with Gasteiger partial charge in [-0.1, -0.05) is 19.9 Å². The molecular formula is C16H19NO2. The van der Waals surface area contributed by atoms with Crippen molar-refractivity contribution >= 4 is 0 Å². The van der Waals surface area contributed by atoms with Crippen molar-refractivity contribution in [3.8, 4) is 11.6 Å². The molecule has 1 aromatic carbocycles. The van der Waals surface area contributed by atoms with E-state index in [1.54, 1.807) is 18.3 Å². The molecule has 0 fully saturated rings. The van der Waals surface area contributed by atoms with Crippen molar-refractivity contribution in [2.24, 2.45) is 0 Å². The molecule has 19 heavy (non-hydrogen) atoms. The lowest BCUT2D eigenvalue weighted by Gasteiger charge is -2.12. The Morgan fingerprint density at radius 3 is 2.53 bits per heavy atom. The van der Waals surface area contributed by atoms with E-state index in [1.807, 2.05) is 12.1 Å². The van der Waals surface area contributed by atoms with Crippen LogP contribution in [0.1, 0.15) is 36.5 Å². The predicted octanol–water partition coefficient (Wildman–Crippen LogP) is 3.80. The van der Waals surface area contributed by atoms with Crippen LogP contribution in [0.4, 0.5) is 0 Å². The zero-order valence-electron chi connectivity index (χ0n) is 11.6. The molecule has 0 aliphatic rings. The maximum Gasteiger partial charge on any atom is 0.219 e. The molecule has 0 saturated heterocycles. The highest BCUT2D eigenvalue weighted by molar-refractivity contribution is 5.38. The fourth-order valence-corrected chi connectivity index (χ4v) is 2.05. The second-order valence-corrected chi connectivity index (χ2v) is 4.94. The molecule has 3 nitrogen and oxygen atoms in total. The number of hydrogen-bond acceptors (Lipinski definition) is 3. The van der Waals surface area contributed by atoms with Gasteiger partial charge in [0.2, 0.25) is 5.88 Å². The Labute approximate surface area is 113 Å². The zero-order valence-corrected chi connectivity index (χ0v) is 11.6. The lowest BCUT2D eigenvalue weighted by molar-refractivity contribution is 0.281. The molecule has 2 rings (SSSR count). The van der Waals surface area contributed by atoms with Crippen LogP contribution >= 0.6 is 0 Å². The number of aliphatic hydroxyl groups excluding tert-OH is 1. The van der Waals surface area contributed by atoms with Gasteiger partial charge in [-0.2, -0.15) is 0 Å². The highest BCUT2D eigenvalue weighted by atomic mass is 16.5. The number of benzene rings is 1. The van der Waals surface area contributed by atoms with E-state index in [9.17, 15) is 0 Å². The zero-order chi connectivity index (χ0) is 13.8. The molecule has 0 unspecified atom stereocenters. The number of pyridine rings is 1. The minimum absolute atomic E-state index is 0.00449. The third-order valence-electron chi connectivity index (χ3n) is 3.07. The first-order valence-corrected chi connectivity index (χ1v) is 6.44. The van der Waals surface area contributed by atoms with Gasteiger partial charge in [0.05, 0.1) is 6.61 Å². The molecule has 0 amide bonds. The Hall–Kier alpha value is -1.87. The molecule has 1 aromatic heterocycles. The Balaban J connectivity index is 2.16. The minimum Gasteiger partial charge on any atom is -0.439 e. The molecule has 0 spiro atoms. The summed E-state index contributed by atoms with van der Waals surface area (Å²) in [7, 11) is 0. The fourth-order valence-electron chi connectivity index (χ4n) is 2.05. The van der Waals surface area contributed by atoms with Crippen LogP contribution in [-0.2, 0) is 6.61 Å². The molecule has 100 valence electrons. The van der Waals surface area contributed by atoms with E-state index >= 15 is 0 Å². The van der Waals surface area contributed by atoms with Crippen LogP contribution in [0.25, 0.3) is 0 Å². The van der Waals surface area contributed by atoms with E-state index in [-0.39, 0.29) is 6.61 Å². The number of ether oxygens (including phenoxy) is 1. The summed E-state index contributed by atoms with van der Waals surface area (Å²) in [6.07, 6.45) is 1.62. The summed E-state index contributed by atoms with van der Waals surface area (Å²) in [4.78, 5) is 4.15. The molecule has 0 saturated carbocycles. The van der Waals surface area contributed by atoms with Crippen LogP contribution < -0.4 is 4.74 Å². The van der Waals surface area contributed by atoms with Crippen LogP contribution in [0.2, 0.25) is 0 Å². The first kappa shape index (κ1) is 13.6. The standard InChI is InChI=1S/C16H19NO2/c1-11(2)15-6-5-14(8-12(15)3)19-16-7-4-13(10-18)9-17-16/h4-9,11,18H,10H2,1-3H3. The van der Waals surface area contributed by atoms with Gasteiger partial charge in [0.1, 0.15) is 5.75 Å². The van der Waals surface area contributed by atoms with Gasteiger partial charge in [-0.3, -0.25) is 0 Å². The Bertz CT molecular complexity index is 547. The summed E-state index contributed by atoms with van der Waals surface area (Å²) >= 11 is 0. The van der Waals surface area contributed by atoms with E-state index in [4.69, 9.17) is 9.84 Å². The van der Waals surface area contributed by atoms with Crippen molar-refractivity contribution in [3.63, 3.8) is 0 Å². The van der Waals surface area contributed by atoms with Gasteiger partial charge in [-0.15, -0.1) is 0 Å². The maximum atomic E-state index is 8.96. The topological polar surface area (TPSA) is 42.4 Å². The second-order valence-electron chi connectivity index (χ2n) is 4.94. The quantitative estimate of drug-likeness (QED) is 0.906. The summed E-state index contributed by atoms with van der Waals surface area (Å²) in [5.41, 5.74) is 3.33. The highest BCUT2D eigenvalue weighted by Gasteiger charge is 2.05. The SMILES string of the molecule is Cc1cc(Oc2ccc(CO)cn2)ccc1C(C)C. The van der Waals surface area contributed by atoms with Crippen LogP contribution in [0, 0.1) is 6.92 Å². The van der Waals surface area contributed by atoms with Crippen molar-refractivity contribution in [2.75, 3.05) is 0 Å². The molecule has 0 aliphatic heterocycles. The highest BCUT2D eigenvalue weighted by Crippen LogP contribution is 2.26. The summed E-state index contributed by atoms with van der Waals surface area (Å²) in [6.45, 7) is 6.44. The van der Waals surface area contributed by atoms with Crippen LogP contribution in [0.15, 0.2) is 36.5 Å². The first-order chi connectivity index (χ1) is 9.10. The predicted molar refractivity (Wildman–Crippen MR) is 75.5 cm³/mol. The van der Waals surface area contributed by atoms with E-state index < -0.39 is 0 Å². The molecule has 1 N–H and O–H groups in total. The number of aryl methyl sites for hydroxylation is 1. The van der Waals surface area contributed by atoms with Crippen molar-refractivity contribution < 1.29 is 9.84 Å². The molecule has 1 heterocycles. The monoisotopic (exact) mass is 257 g/mol. The fraction of sp³-hybridized carbons (Fsp3) is 0.312. The Kier molecular flexibility index (Phi) is 4.17. The van der Waals surface area contributed by atoms with Gasteiger partial charge in [0.15, 0.2) is 0 Å². The summed E-state index contributed by atoms with van der Waals surface area (Å²) in [5, 5.41) is 8.96. The number of rotatable bonds is 4. The molecule has 2 aromatic rings. The summed E-state index contributed by atoms with van der Waals surface area (Å²) < 4.78 is 5.70. The van der Waals surface area contributed by atoms with Crippen LogP contribution in [0.3, 0.4) is 0 Å². The summed E-state index contributed by atoms with van der Waals surface area (Å²) in [5.74, 6) is 1.83. The molecular weight excluding hydrogens is 238 g/mol. The number of nitrogens with zero attached hydrogens (tertiary/aromatic N) is 1. The van der Waals surface area contributed by atoms with E-state index in [2.05, 4.69) is 31.8 Å². The number of aliphatic hydroxyl groups is 1. The second kappa shape index (κ2) is 5.85. The van der Waals surface area contributed by atoms with Gasteiger partial charge >= 0.3 is 0 Å². The third kappa shape index (κ3) is 3.32. The van der Waals surface area contributed by atoms with Crippen molar-refractivity contribution in [2.45, 2.75) is 33.3 Å². The molecule has 0 aliphatic carbocycles. The van der Waals surface area contributed by atoms with E-state index in [0.29, 0.717) is 11.8 Å². The minimum atomic E-state index is -0.00449. The maximum absolute atomic E-state index is 8.96. The number of hydrogen-bond donors (Lipinski definition) is 1. The van der Waals surface area contributed by atoms with Gasteiger partial charge < -0.3 is 9.84 Å². The van der Waals surface area contributed by atoms with Crippen molar-refractivity contribution in [1.29, 1.82) is 0 Å². The number of aromatic nitrogens is 1. The average Bonchev–Trinajstić information content (AvgIpc) is 2.39. The van der Waals surface area contributed by atoms with E-state index in [1.165, 1.54) is 11.1 Å². The van der Waals surface area contributed by atoms with Gasteiger partial charge in [-0.05, 0) is 47.7 Å². The first-order valence-electron chi connectivity index (χ1n) is 6.44. The van der Waals surface area contributed by atoms with Crippen LogP contribution in [0.5, 0.6) is 11.6 Å². The largest absolute Gasteiger partial charge is 0.439 e. The Morgan fingerprint density at radius 1 is 1.21 bits per heavy atom. The normalized spacial score (nSPS) is 10.8. The Morgan fingerprint density at radius 2 is 2.00 bits per heavy atom. The average molecular weight is 257 g/mol. The third-order valence-corrected chi connectivity index (χ3v) is 3.07. The smallest absolute Gasteiger partial charge is 0.219 e. The molecule has 0 bridgehead atoms. The lowest BCUT2D eigenvalue weighted by atomic mass is 9.98. The summed E-state index contributed by atoms with van der Waals surface area (Å²) in [6, 6.07) is 9.65.